The molecule has 1 aliphatic carbocycles. The first-order valence-electron chi connectivity index (χ1n) is 13.3. The predicted molar refractivity (Wildman–Crippen MR) is 143 cm³/mol. The molecule has 3 heterocycles. The fourth-order valence-electron chi connectivity index (χ4n) is 5.88. The second-order valence-corrected chi connectivity index (χ2v) is 10.5. The number of nitrogens with zero attached hydrogens (tertiary/aromatic N) is 2. The summed E-state index contributed by atoms with van der Waals surface area (Å²) < 4.78 is 17.2. The third-order valence-electron chi connectivity index (χ3n) is 8.04. The minimum atomic E-state index is -0.253. The summed E-state index contributed by atoms with van der Waals surface area (Å²) in [5, 5.41) is 3.26. The summed E-state index contributed by atoms with van der Waals surface area (Å²) >= 11 is 0. The van der Waals surface area contributed by atoms with Crippen molar-refractivity contribution in [2.24, 2.45) is 0 Å². The van der Waals surface area contributed by atoms with Crippen molar-refractivity contribution in [1.29, 1.82) is 0 Å². The second kappa shape index (κ2) is 10.7. The zero-order chi connectivity index (χ0) is 26.0. The van der Waals surface area contributed by atoms with Crippen LogP contribution < -0.4 is 15.5 Å². The van der Waals surface area contributed by atoms with Crippen LogP contribution in [0, 0.1) is 6.92 Å². The number of fused-ring (bicyclic) bond motifs is 1. The smallest absolute Gasteiger partial charge is 0.228 e. The summed E-state index contributed by atoms with van der Waals surface area (Å²) in [6, 6.07) is 8.79. The van der Waals surface area contributed by atoms with Crippen LogP contribution in [0.25, 0.3) is 22.5 Å². The number of amides is 1. The Labute approximate surface area is 217 Å². The molecule has 3 aromatic rings. The number of furan rings is 1. The topological polar surface area (TPSA) is 88.2 Å². The number of carbonyl (C=O) groups excluding carboxylic acids is 1. The van der Waals surface area contributed by atoms with Crippen LogP contribution in [-0.4, -0.2) is 68.1 Å². The number of aryl methyl sites for hydroxylation is 1. The first kappa shape index (κ1) is 25.5. The Morgan fingerprint density at radius 1 is 1.03 bits per heavy atom. The largest absolute Gasteiger partial charge is 0.497 e. The van der Waals surface area contributed by atoms with Crippen molar-refractivity contribution in [1.82, 2.24) is 15.1 Å². The van der Waals surface area contributed by atoms with E-state index in [4.69, 9.17) is 13.6 Å². The molecular weight excluding hydrogens is 470 g/mol. The van der Waals surface area contributed by atoms with Gasteiger partial charge in [-0.3, -0.25) is 14.5 Å². The normalized spacial score (nSPS) is 18.7. The van der Waals surface area contributed by atoms with Crippen molar-refractivity contribution in [3.8, 4) is 17.1 Å². The monoisotopic (exact) mass is 507 g/mol. The van der Waals surface area contributed by atoms with E-state index in [0.29, 0.717) is 35.0 Å². The molecule has 1 aromatic carbocycles. The van der Waals surface area contributed by atoms with E-state index in [0.717, 1.165) is 44.6 Å². The van der Waals surface area contributed by atoms with Crippen molar-refractivity contribution < 1.29 is 18.4 Å². The van der Waals surface area contributed by atoms with E-state index >= 15 is 0 Å². The van der Waals surface area contributed by atoms with E-state index in [-0.39, 0.29) is 28.9 Å². The zero-order valence-electron chi connectivity index (χ0n) is 22.1. The van der Waals surface area contributed by atoms with Crippen LogP contribution in [0.2, 0.25) is 0 Å². The number of ether oxygens (including phenoxy) is 1. The maximum atomic E-state index is 13.4. The molecule has 2 fully saturated rings. The molecule has 37 heavy (non-hydrogen) atoms. The Kier molecular flexibility index (Phi) is 7.40. The molecule has 0 atom stereocenters. The van der Waals surface area contributed by atoms with Crippen molar-refractivity contribution in [2.75, 3.05) is 46.9 Å². The Morgan fingerprint density at radius 2 is 1.73 bits per heavy atom. The maximum absolute atomic E-state index is 13.4. The van der Waals surface area contributed by atoms with Crippen LogP contribution >= 0.6 is 0 Å². The lowest BCUT2D eigenvalue weighted by atomic mass is 9.79. The van der Waals surface area contributed by atoms with Gasteiger partial charge < -0.3 is 23.8 Å². The predicted octanol–water partition coefficient (Wildman–Crippen LogP) is 3.98. The summed E-state index contributed by atoms with van der Waals surface area (Å²) in [5.74, 6) is 1.58. The Morgan fingerprint density at radius 3 is 2.41 bits per heavy atom. The highest BCUT2D eigenvalue weighted by atomic mass is 16.5. The molecule has 5 rings (SSSR count). The van der Waals surface area contributed by atoms with E-state index in [9.17, 15) is 9.59 Å². The summed E-state index contributed by atoms with van der Waals surface area (Å²) in [7, 11) is 3.78. The third kappa shape index (κ3) is 5.31. The Bertz CT molecular complexity index is 1300. The van der Waals surface area contributed by atoms with Gasteiger partial charge >= 0.3 is 0 Å². The van der Waals surface area contributed by atoms with Crippen LogP contribution in [0.3, 0.4) is 0 Å². The zero-order valence-corrected chi connectivity index (χ0v) is 22.1. The molecular formula is C29H37N3O5. The average molecular weight is 508 g/mol. The summed E-state index contributed by atoms with van der Waals surface area (Å²) in [6.07, 6.45) is 5.93. The molecule has 1 amide bonds. The van der Waals surface area contributed by atoms with Crippen molar-refractivity contribution >= 4 is 17.1 Å². The van der Waals surface area contributed by atoms with E-state index in [2.05, 4.69) is 22.2 Å². The van der Waals surface area contributed by atoms with Gasteiger partial charge in [-0.15, -0.1) is 0 Å². The number of piperazine rings is 1. The van der Waals surface area contributed by atoms with E-state index < -0.39 is 0 Å². The maximum Gasteiger partial charge on any atom is 0.228 e. The van der Waals surface area contributed by atoms with Crippen LogP contribution in [0.5, 0.6) is 5.75 Å². The van der Waals surface area contributed by atoms with Gasteiger partial charge in [-0.1, -0.05) is 19.3 Å². The first-order chi connectivity index (χ1) is 17.9. The lowest BCUT2D eigenvalue weighted by Crippen LogP contribution is -2.61. The molecule has 1 saturated carbocycles. The van der Waals surface area contributed by atoms with E-state index in [1.165, 1.54) is 25.3 Å². The highest BCUT2D eigenvalue weighted by molar-refractivity contribution is 5.90. The SMILES string of the molecule is COc1ccc(-c2oc3c(=O)cc(C)oc3c2CC(=O)NCC2(N3CCN(C)CC3)CCCCC2)cc1. The van der Waals surface area contributed by atoms with Gasteiger partial charge in [0.2, 0.25) is 16.9 Å². The van der Waals surface area contributed by atoms with Gasteiger partial charge in [-0.25, -0.2) is 0 Å². The number of hydrogen-bond acceptors (Lipinski definition) is 7. The summed E-state index contributed by atoms with van der Waals surface area (Å²) in [4.78, 5) is 31.0. The molecule has 2 aromatic heterocycles. The molecule has 1 N–H and O–H groups in total. The molecule has 0 radical (unpaired) electrons. The highest BCUT2D eigenvalue weighted by Crippen LogP contribution is 2.36. The molecule has 8 nitrogen and oxygen atoms in total. The number of methoxy groups -OCH3 is 1. The molecule has 1 saturated heterocycles. The van der Waals surface area contributed by atoms with E-state index in [1.807, 2.05) is 24.3 Å². The number of likely N-dealkylation sites (N-methyl/N-ethyl adjacent to an activating group) is 1. The standard InChI is InChI=1S/C29H37N3O5/c1-20-17-24(33)28-27(36-20)23(26(37-28)21-7-9-22(35-3)10-8-21)18-25(34)30-19-29(11-5-4-6-12-29)32-15-13-31(2)14-16-32/h7-10,17H,4-6,11-16,18-19H2,1-3H3,(H,30,34). The number of benzene rings is 1. The van der Waals surface area contributed by atoms with Crippen molar-refractivity contribution in [3.63, 3.8) is 0 Å². The summed E-state index contributed by atoms with van der Waals surface area (Å²) in [5.41, 5.74) is 1.59. The molecule has 0 unspecified atom stereocenters. The molecule has 1 aliphatic heterocycles. The lowest BCUT2D eigenvalue weighted by Gasteiger charge is -2.49. The first-order valence-corrected chi connectivity index (χ1v) is 13.3. The van der Waals surface area contributed by atoms with Gasteiger partial charge in [-0.05, 0) is 51.1 Å². The number of rotatable bonds is 7. The average Bonchev–Trinajstić information content (AvgIpc) is 3.26. The molecule has 0 spiro atoms. The van der Waals surface area contributed by atoms with E-state index in [1.54, 1.807) is 14.0 Å². The van der Waals surface area contributed by atoms with Crippen LogP contribution in [0.1, 0.15) is 43.4 Å². The number of nitrogens with one attached hydrogen (secondary N) is 1. The minimum absolute atomic E-state index is 0.00952. The van der Waals surface area contributed by atoms with Gasteiger partial charge in [0.05, 0.1) is 19.1 Å². The number of hydrogen-bond donors (Lipinski definition) is 1. The lowest BCUT2D eigenvalue weighted by molar-refractivity contribution is -0.121. The third-order valence-corrected chi connectivity index (χ3v) is 8.04. The Balaban J connectivity index is 1.41. The second-order valence-electron chi connectivity index (χ2n) is 10.5. The van der Waals surface area contributed by atoms with Crippen molar-refractivity contribution in [2.45, 2.75) is 51.0 Å². The van der Waals surface area contributed by atoms with Crippen LogP contribution in [-0.2, 0) is 11.2 Å². The van der Waals surface area contributed by atoms with Gasteiger partial charge in [0.15, 0.2) is 5.58 Å². The fourth-order valence-corrected chi connectivity index (χ4v) is 5.88. The van der Waals surface area contributed by atoms with Gasteiger partial charge in [0, 0.05) is 49.9 Å². The fraction of sp³-hybridized carbons (Fsp3) is 0.517. The quantitative estimate of drug-likeness (QED) is 0.518. The molecule has 2 aliphatic rings. The minimum Gasteiger partial charge on any atom is -0.497 e. The molecule has 0 bridgehead atoms. The summed E-state index contributed by atoms with van der Waals surface area (Å²) in [6.45, 7) is 6.54. The molecule has 8 heteroatoms. The van der Waals surface area contributed by atoms with Gasteiger partial charge in [-0.2, -0.15) is 0 Å². The van der Waals surface area contributed by atoms with Crippen LogP contribution in [0.15, 0.2) is 44.0 Å². The van der Waals surface area contributed by atoms with Crippen molar-refractivity contribution in [3.05, 3.63) is 51.9 Å². The highest BCUT2D eigenvalue weighted by Gasteiger charge is 2.39. The number of carbonyl (C=O) groups is 1. The Hall–Kier alpha value is -3.10. The van der Waals surface area contributed by atoms with Gasteiger partial charge in [0.1, 0.15) is 17.3 Å². The van der Waals surface area contributed by atoms with Gasteiger partial charge in [0.25, 0.3) is 0 Å². The van der Waals surface area contributed by atoms with Crippen LogP contribution in [0.4, 0.5) is 0 Å². The molecule has 198 valence electrons.